The predicted octanol–water partition coefficient (Wildman–Crippen LogP) is 3.85. The fourth-order valence-corrected chi connectivity index (χ4v) is 1.86. The lowest BCUT2D eigenvalue weighted by molar-refractivity contribution is 0.101. The molecule has 88 valence electrons. The van der Waals surface area contributed by atoms with Crippen LogP contribution in [-0.4, -0.2) is 12.9 Å². The summed E-state index contributed by atoms with van der Waals surface area (Å²) in [5.74, 6) is 0.661. The molecule has 0 N–H and O–H groups in total. The fourth-order valence-electron chi connectivity index (χ4n) is 1.56. The lowest BCUT2D eigenvalue weighted by Gasteiger charge is -2.23. The average Bonchev–Trinajstić information content (AvgIpc) is 2.14. The first-order valence-corrected chi connectivity index (χ1v) is 5.54. The Kier molecular flexibility index (Phi) is 3.64. The molecule has 0 heterocycles. The molecule has 0 fully saturated rings. The number of rotatable bonds is 2. The van der Waals surface area contributed by atoms with Gasteiger partial charge in [-0.15, -0.1) is 0 Å². The molecule has 0 saturated heterocycles. The molecule has 2 nitrogen and oxygen atoms in total. The normalized spacial score (nSPS) is 11.4. The van der Waals surface area contributed by atoms with E-state index in [1.165, 1.54) is 6.92 Å². The molecule has 0 aliphatic rings. The lowest BCUT2D eigenvalue weighted by atomic mass is 9.85. The van der Waals surface area contributed by atoms with E-state index in [-0.39, 0.29) is 11.2 Å². The fraction of sp³-hybridized carbons (Fsp3) is 0.462. The third kappa shape index (κ3) is 2.56. The van der Waals surface area contributed by atoms with E-state index in [4.69, 9.17) is 16.3 Å². The molecule has 1 rings (SSSR count). The Balaban J connectivity index is 3.49. The van der Waals surface area contributed by atoms with Crippen LogP contribution in [0.1, 0.15) is 43.6 Å². The van der Waals surface area contributed by atoms with Crippen molar-refractivity contribution in [1.29, 1.82) is 0 Å². The second kappa shape index (κ2) is 4.46. The van der Waals surface area contributed by atoms with E-state index in [1.807, 2.05) is 6.07 Å². The Morgan fingerprint density at radius 1 is 1.31 bits per heavy atom. The van der Waals surface area contributed by atoms with Gasteiger partial charge in [0.1, 0.15) is 5.75 Å². The highest BCUT2D eigenvalue weighted by molar-refractivity contribution is 6.32. The zero-order valence-corrected chi connectivity index (χ0v) is 11.1. The topological polar surface area (TPSA) is 26.3 Å². The number of halogens is 1. The van der Waals surface area contributed by atoms with Crippen molar-refractivity contribution in [2.24, 2.45) is 0 Å². The van der Waals surface area contributed by atoms with Gasteiger partial charge < -0.3 is 4.74 Å². The largest absolute Gasteiger partial charge is 0.495 e. The molecular formula is C13H17ClO2. The van der Waals surface area contributed by atoms with Crippen molar-refractivity contribution in [3.05, 3.63) is 28.3 Å². The molecular weight excluding hydrogens is 224 g/mol. The molecule has 0 atom stereocenters. The van der Waals surface area contributed by atoms with Crippen LogP contribution < -0.4 is 4.74 Å². The molecule has 0 amide bonds. The number of carbonyl (C=O) groups excluding carboxylic acids is 1. The van der Waals surface area contributed by atoms with Gasteiger partial charge in [0, 0.05) is 11.1 Å². The summed E-state index contributed by atoms with van der Waals surface area (Å²) < 4.78 is 5.29. The number of hydrogen-bond donors (Lipinski definition) is 0. The molecule has 16 heavy (non-hydrogen) atoms. The van der Waals surface area contributed by atoms with Crippen molar-refractivity contribution < 1.29 is 9.53 Å². The Morgan fingerprint density at radius 2 is 1.88 bits per heavy atom. The van der Waals surface area contributed by atoms with E-state index in [1.54, 1.807) is 13.2 Å². The van der Waals surface area contributed by atoms with Gasteiger partial charge in [-0.2, -0.15) is 0 Å². The van der Waals surface area contributed by atoms with Crippen molar-refractivity contribution in [1.82, 2.24) is 0 Å². The predicted molar refractivity (Wildman–Crippen MR) is 66.7 cm³/mol. The summed E-state index contributed by atoms with van der Waals surface area (Å²) in [7, 11) is 1.59. The maximum Gasteiger partial charge on any atom is 0.159 e. The van der Waals surface area contributed by atoms with Gasteiger partial charge >= 0.3 is 0 Å². The molecule has 0 radical (unpaired) electrons. The number of carbonyl (C=O) groups is 1. The summed E-state index contributed by atoms with van der Waals surface area (Å²) in [6.07, 6.45) is 0. The first kappa shape index (κ1) is 13.0. The van der Waals surface area contributed by atoms with Crippen molar-refractivity contribution in [2.45, 2.75) is 33.1 Å². The third-order valence-electron chi connectivity index (χ3n) is 2.46. The van der Waals surface area contributed by atoms with Gasteiger partial charge in [-0.05, 0) is 24.5 Å². The number of Topliss-reactive ketones (excluding diaryl/α,β-unsaturated/α-hetero) is 1. The van der Waals surface area contributed by atoms with Crippen molar-refractivity contribution in [3.63, 3.8) is 0 Å². The van der Waals surface area contributed by atoms with Crippen molar-refractivity contribution in [2.75, 3.05) is 7.11 Å². The standard InChI is InChI=1S/C13H17ClO2/c1-8(15)9-6-10(13(2,3)4)12(16-5)11(14)7-9/h6-7H,1-5H3. The van der Waals surface area contributed by atoms with Crippen LogP contribution in [0.5, 0.6) is 5.75 Å². The monoisotopic (exact) mass is 240 g/mol. The minimum Gasteiger partial charge on any atom is -0.495 e. The van der Waals surface area contributed by atoms with E-state index in [9.17, 15) is 4.79 Å². The smallest absolute Gasteiger partial charge is 0.159 e. The molecule has 1 aromatic rings. The maximum atomic E-state index is 11.4. The highest BCUT2D eigenvalue weighted by Gasteiger charge is 2.22. The minimum atomic E-state index is -0.111. The van der Waals surface area contributed by atoms with E-state index in [0.717, 1.165) is 5.56 Å². The summed E-state index contributed by atoms with van der Waals surface area (Å²) in [6.45, 7) is 7.71. The van der Waals surface area contributed by atoms with Crippen LogP contribution in [0, 0.1) is 0 Å². The van der Waals surface area contributed by atoms with Gasteiger partial charge in [-0.25, -0.2) is 0 Å². The average molecular weight is 241 g/mol. The maximum absolute atomic E-state index is 11.4. The molecule has 1 aromatic carbocycles. The molecule has 0 unspecified atom stereocenters. The van der Waals surface area contributed by atoms with E-state index >= 15 is 0 Å². The number of benzene rings is 1. The Labute approximate surface area is 102 Å². The molecule has 0 aromatic heterocycles. The van der Waals surface area contributed by atoms with Gasteiger partial charge in [-0.3, -0.25) is 4.79 Å². The first-order valence-electron chi connectivity index (χ1n) is 5.16. The minimum absolute atomic E-state index is 0.00931. The highest BCUT2D eigenvalue weighted by Crippen LogP contribution is 2.37. The Morgan fingerprint density at radius 3 is 2.25 bits per heavy atom. The highest BCUT2D eigenvalue weighted by atomic mass is 35.5. The number of methoxy groups -OCH3 is 1. The molecule has 3 heteroatoms. The SMILES string of the molecule is COc1c(Cl)cc(C(C)=O)cc1C(C)(C)C. The summed E-state index contributed by atoms with van der Waals surface area (Å²) in [6, 6.07) is 3.50. The zero-order valence-electron chi connectivity index (χ0n) is 10.3. The van der Waals surface area contributed by atoms with Gasteiger partial charge in [0.25, 0.3) is 0 Å². The van der Waals surface area contributed by atoms with E-state index in [0.29, 0.717) is 16.3 Å². The Hall–Kier alpha value is -1.02. The van der Waals surface area contributed by atoms with Gasteiger partial charge in [0.05, 0.1) is 12.1 Å². The molecule has 0 aliphatic heterocycles. The van der Waals surface area contributed by atoms with Gasteiger partial charge in [0.2, 0.25) is 0 Å². The summed E-state index contributed by atoms with van der Waals surface area (Å²) >= 11 is 6.11. The second-order valence-electron chi connectivity index (χ2n) is 4.85. The van der Waals surface area contributed by atoms with Crippen LogP contribution >= 0.6 is 11.6 Å². The summed E-state index contributed by atoms with van der Waals surface area (Å²) in [5, 5.41) is 0.486. The van der Waals surface area contributed by atoms with Crippen LogP contribution in [-0.2, 0) is 5.41 Å². The second-order valence-corrected chi connectivity index (χ2v) is 5.25. The van der Waals surface area contributed by atoms with Crippen LogP contribution in [0.4, 0.5) is 0 Å². The van der Waals surface area contributed by atoms with Crippen molar-refractivity contribution in [3.8, 4) is 5.75 Å². The molecule has 0 spiro atoms. The summed E-state index contributed by atoms with van der Waals surface area (Å²) in [5.41, 5.74) is 1.46. The Bertz CT molecular complexity index is 417. The molecule has 0 saturated carbocycles. The summed E-state index contributed by atoms with van der Waals surface area (Å²) in [4.78, 5) is 11.4. The number of ketones is 1. The van der Waals surface area contributed by atoms with Gasteiger partial charge in [-0.1, -0.05) is 32.4 Å². The molecule has 0 bridgehead atoms. The number of ether oxygens (including phenoxy) is 1. The van der Waals surface area contributed by atoms with E-state index < -0.39 is 0 Å². The van der Waals surface area contributed by atoms with Crippen LogP contribution in [0.25, 0.3) is 0 Å². The number of hydrogen-bond acceptors (Lipinski definition) is 2. The quantitative estimate of drug-likeness (QED) is 0.734. The van der Waals surface area contributed by atoms with E-state index in [2.05, 4.69) is 20.8 Å². The first-order chi connectivity index (χ1) is 7.27. The van der Waals surface area contributed by atoms with Crippen molar-refractivity contribution >= 4 is 17.4 Å². The van der Waals surface area contributed by atoms with Gasteiger partial charge in [0.15, 0.2) is 5.78 Å². The lowest BCUT2D eigenvalue weighted by Crippen LogP contribution is -2.14. The molecule has 0 aliphatic carbocycles. The van der Waals surface area contributed by atoms with Crippen LogP contribution in [0.15, 0.2) is 12.1 Å². The van der Waals surface area contributed by atoms with Crippen LogP contribution in [0.2, 0.25) is 5.02 Å². The third-order valence-corrected chi connectivity index (χ3v) is 2.74. The van der Waals surface area contributed by atoms with Crippen LogP contribution in [0.3, 0.4) is 0 Å². The zero-order chi connectivity index (χ0) is 12.5.